The standard InChI is InChI=1S/C13H15NO2/c1-9-3-4-10-8-11(14-12(10)7-9)5-6-13(15)16-2/h3-4,7-8,14H,5-6H2,1-2H3. The Labute approximate surface area is 94.4 Å². The number of aromatic amines is 1. The van der Waals surface area contributed by atoms with E-state index in [9.17, 15) is 4.79 Å². The van der Waals surface area contributed by atoms with Crippen molar-refractivity contribution < 1.29 is 9.53 Å². The van der Waals surface area contributed by atoms with E-state index >= 15 is 0 Å². The number of nitrogens with one attached hydrogen (secondary N) is 1. The molecular weight excluding hydrogens is 202 g/mol. The fraction of sp³-hybridized carbons (Fsp3) is 0.308. The molecule has 0 atom stereocenters. The van der Waals surface area contributed by atoms with E-state index in [1.165, 1.54) is 18.1 Å². The molecule has 16 heavy (non-hydrogen) atoms. The summed E-state index contributed by atoms with van der Waals surface area (Å²) in [6.07, 6.45) is 1.11. The van der Waals surface area contributed by atoms with E-state index in [4.69, 9.17) is 0 Å². The molecule has 3 heteroatoms. The van der Waals surface area contributed by atoms with Crippen LogP contribution < -0.4 is 0 Å². The van der Waals surface area contributed by atoms with Crippen molar-refractivity contribution in [1.29, 1.82) is 0 Å². The molecule has 0 amide bonds. The summed E-state index contributed by atoms with van der Waals surface area (Å²) in [4.78, 5) is 14.3. The van der Waals surface area contributed by atoms with Crippen LogP contribution in [0, 0.1) is 6.92 Å². The lowest BCUT2D eigenvalue weighted by atomic mass is 10.2. The van der Waals surface area contributed by atoms with Gasteiger partial charge in [-0.25, -0.2) is 0 Å². The summed E-state index contributed by atoms with van der Waals surface area (Å²) in [5.74, 6) is -0.171. The Morgan fingerprint density at radius 3 is 2.94 bits per heavy atom. The van der Waals surface area contributed by atoms with Gasteiger partial charge in [-0.3, -0.25) is 4.79 Å². The third kappa shape index (κ3) is 2.24. The first-order chi connectivity index (χ1) is 7.69. The molecule has 0 radical (unpaired) electrons. The number of methoxy groups -OCH3 is 1. The van der Waals surface area contributed by atoms with Crippen LogP contribution >= 0.6 is 0 Å². The number of fused-ring (bicyclic) bond motifs is 1. The van der Waals surface area contributed by atoms with Crippen LogP contribution in [-0.2, 0) is 16.0 Å². The highest BCUT2D eigenvalue weighted by Crippen LogP contribution is 2.17. The van der Waals surface area contributed by atoms with Crippen LogP contribution in [0.1, 0.15) is 17.7 Å². The van der Waals surface area contributed by atoms with Crippen LogP contribution in [0.5, 0.6) is 0 Å². The zero-order chi connectivity index (χ0) is 11.5. The maximum Gasteiger partial charge on any atom is 0.305 e. The largest absolute Gasteiger partial charge is 0.469 e. The second kappa shape index (κ2) is 4.39. The summed E-state index contributed by atoms with van der Waals surface area (Å²) in [7, 11) is 1.41. The highest BCUT2D eigenvalue weighted by atomic mass is 16.5. The molecule has 1 heterocycles. The number of ether oxygens (including phenoxy) is 1. The van der Waals surface area contributed by atoms with Crippen molar-refractivity contribution in [3.8, 4) is 0 Å². The van der Waals surface area contributed by atoms with Gasteiger partial charge in [0.05, 0.1) is 13.5 Å². The molecular formula is C13H15NO2. The molecule has 0 fully saturated rings. The van der Waals surface area contributed by atoms with E-state index in [0.29, 0.717) is 12.8 Å². The normalized spacial score (nSPS) is 10.6. The van der Waals surface area contributed by atoms with Crippen molar-refractivity contribution in [3.05, 3.63) is 35.5 Å². The monoisotopic (exact) mass is 217 g/mol. The number of hydrogen-bond acceptors (Lipinski definition) is 2. The van der Waals surface area contributed by atoms with Gasteiger partial charge in [0.1, 0.15) is 0 Å². The lowest BCUT2D eigenvalue weighted by Gasteiger charge is -1.96. The molecule has 2 rings (SSSR count). The second-order valence-corrected chi connectivity index (χ2v) is 3.96. The minimum atomic E-state index is -0.171. The van der Waals surface area contributed by atoms with Gasteiger partial charge in [-0.2, -0.15) is 0 Å². The molecule has 2 aromatic rings. The van der Waals surface area contributed by atoms with Crippen LogP contribution in [-0.4, -0.2) is 18.1 Å². The molecule has 0 bridgehead atoms. The smallest absolute Gasteiger partial charge is 0.305 e. The lowest BCUT2D eigenvalue weighted by molar-refractivity contribution is -0.140. The Hall–Kier alpha value is -1.77. The first-order valence-corrected chi connectivity index (χ1v) is 5.34. The number of aryl methyl sites for hydroxylation is 2. The number of carbonyl (C=O) groups is 1. The summed E-state index contributed by atoms with van der Waals surface area (Å²) in [5.41, 5.74) is 3.43. The van der Waals surface area contributed by atoms with E-state index in [0.717, 1.165) is 11.2 Å². The minimum absolute atomic E-state index is 0.171. The van der Waals surface area contributed by atoms with Crippen LogP contribution in [0.25, 0.3) is 10.9 Å². The van der Waals surface area contributed by atoms with Gasteiger partial charge in [0.15, 0.2) is 0 Å². The Balaban J connectivity index is 2.16. The van der Waals surface area contributed by atoms with E-state index < -0.39 is 0 Å². The van der Waals surface area contributed by atoms with Crippen molar-refractivity contribution in [3.63, 3.8) is 0 Å². The van der Waals surface area contributed by atoms with E-state index in [1.807, 2.05) is 0 Å². The first kappa shape index (κ1) is 10.7. The Morgan fingerprint density at radius 2 is 2.19 bits per heavy atom. The topological polar surface area (TPSA) is 42.1 Å². The molecule has 1 aromatic heterocycles. The number of rotatable bonds is 3. The molecule has 0 aliphatic rings. The maximum absolute atomic E-state index is 11.0. The molecule has 3 nitrogen and oxygen atoms in total. The number of esters is 1. The van der Waals surface area contributed by atoms with E-state index in [2.05, 4.69) is 40.9 Å². The second-order valence-electron chi connectivity index (χ2n) is 3.96. The van der Waals surface area contributed by atoms with Crippen LogP contribution in [0.3, 0.4) is 0 Å². The molecule has 0 saturated heterocycles. The van der Waals surface area contributed by atoms with Gasteiger partial charge >= 0.3 is 5.97 Å². The van der Waals surface area contributed by atoms with Crippen molar-refractivity contribution in [1.82, 2.24) is 4.98 Å². The van der Waals surface area contributed by atoms with Gasteiger partial charge in [-0.1, -0.05) is 12.1 Å². The molecule has 1 aromatic carbocycles. The van der Waals surface area contributed by atoms with Crippen LogP contribution in [0.15, 0.2) is 24.3 Å². The van der Waals surface area contributed by atoms with Crippen LogP contribution in [0.4, 0.5) is 0 Å². The Morgan fingerprint density at radius 1 is 1.38 bits per heavy atom. The first-order valence-electron chi connectivity index (χ1n) is 5.34. The Bertz CT molecular complexity index is 514. The molecule has 0 aliphatic heterocycles. The molecule has 1 N–H and O–H groups in total. The average molecular weight is 217 g/mol. The van der Waals surface area contributed by atoms with Gasteiger partial charge in [0.25, 0.3) is 0 Å². The minimum Gasteiger partial charge on any atom is -0.469 e. The predicted molar refractivity (Wildman–Crippen MR) is 63.4 cm³/mol. The highest BCUT2D eigenvalue weighted by molar-refractivity contribution is 5.81. The summed E-state index contributed by atoms with van der Waals surface area (Å²) in [6.45, 7) is 2.06. The third-order valence-corrected chi connectivity index (χ3v) is 2.66. The molecule has 84 valence electrons. The van der Waals surface area contributed by atoms with Gasteiger partial charge in [0, 0.05) is 11.2 Å². The van der Waals surface area contributed by atoms with Gasteiger partial charge in [-0.15, -0.1) is 0 Å². The summed E-state index contributed by atoms with van der Waals surface area (Å²) < 4.78 is 4.61. The fourth-order valence-electron chi connectivity index (χ4n) is 1.77. The fourth-order valence-corrected chi connectivity index (χ4v) is 1.77. The number of carbonyl (C=O) groups excluding carboxylic acids is 1. The molecule has 0 aliphatic carbocycles. The van der Waals surface area contributed by atoms with Crippen molar-refractivity contribution in [2.75, 3.05) is 7.11 Å². The average Bonchev–Trinajstić information content (AvgIpc) is 2.67. The van der Waals surface area contributed by atoms with E-state index in [-0.39, 0.29) is 5.97 Å². The van der Waals surface area contributed by atoms with Gasteiger partial charge < -0.3 is 9.72 Å². The maximum atomic E-state index is 11.0. The number of benzene rings is 1. The zero-order valence-corrected chi connectivity index (χ0v) is 9.54. The third-order valence-electron chi connectivity index (χ3n) is 2.66. The van der Waals surface area contributed by atoms with Gasteiger partial charge in [0.2, 0.25) is 0 Å². The number of hydrogen-bond donors (Lipinski definition) is 1. The lowest BCUT2D eigenvalue weighted by Crippen LogP contribution is -2.01. The van der Waals surface area contributed by atoms with Crippen molar-refractivity contribution in [2.45, 2.75) is 19.8 Å². The molecule has 0 unspecified atom stereocenters. The number of H-pyrrole nitrogens is 1. The van der Waals surface area contributed by atoms with Crippen molar-refractivity contribution in [2.24, 2.45) is 0 Å². The summed E-state index contributed by atoms with van der Waals surface area (Å²) in [6, 6.07) is 8.36. The quantitative estimate of drug-likeness (QED) is 0.803. The summed E-state index contributed by atoms with van der Waals surface area (Å²) in [5, 5.41) is 1.19. The van der Waals surface area contributed by atoms with Gasteiger partial charge in [-0.05, 0) is 36.4 Å². The zero-order valence-electron chi connectivity index (χ0n) is 9.54. The highest BCUT2D eigenvalue weighted by Gasteiger charge is 2.04. The van der Waals surface area contributed by atoms with E-state index in [1.54, 1.807) is 0 Å². The predicted octanol–water partition coefficient (Wildman–Crippen LogP) is 2.58. The van der Waals surface area contributed by atoms with Crippen molar-refractivity contribution >= 4 is 16.9 Å². The summed E-state index contributed by atoms with van der Waals surface area (Å²) >= 11 is 0. The number of aromatic nitrogens is 1. The molecule has 0 saturated carbocycles. The van der Waals surface area contributed by atoms with Crippen LogP contribution in [0.2, 0.25) is 0 Å². The SMILES string of the molecule is COC(=O)CCc1cc2ccc(C)cc2[nH]1. The molecule has 0 spiro atoms. The Kier molecular flexibility index (Phi) is 2.95.